The minimum atomic E-state index is -0.836. The van der Waals surface area contributed by atoms with E-state index in [4.69, 9.17) is 0 Å². The van der Waals surface area contributed by atoms with Crippen LogP contribution < -0.4 is 10.2 Å². The van der Waals surface area contributed by atoms with Crippen molar-refractivity contribution in [2.24, 2.45) is 0 Å². The molecule has 1 heterocycles. The molecule has 1 aliphatic heterocycles. The monoisotopic (exact) mass is 276 g/mol. The van der Waals surface area contributed by atoms with Gasteiger partial charge in [0.05, 0.1) is 12.6 Å². The molecule has 0 aromatic heterocycles. The molecule has 2 N–H and O–H groups in total. The third-order valence-electron chi connectivity index (χ3n) is 3.76. The van der Waals surface area contributed by atoms with Crippen molar-refractivity contribution in [3.8, 4) is 0 Å². The Morgan fingerprint density at radius 1 is 1.35 bits per heavy atom. The fraction of sp³-hybridized carbons (Fsp3) is 0.467. The second-order valence-electron chi connectivity index (χ2n) is 5.51. The smallest absolute Gasteiger partial charge is 0.251 e. The Bertz CT molecular complexity index is 540. The number of benzene rings is 1. The van der Waals surface area contributed by atoms with Gasteiger partial charge in [-0.25, -0.2) is 0 Å². The van der Waals surface area contributed by atoms with Gasteiger partial charge in [0.15, 0.2) is 0 Å². The molecule has 0 aliphatic carbocycles. The number of aliphatic hydroxyl groups excluding tert-OH is 1. The van der Waals surface area contributed by atoms with E-state index in [0.717, 1.165) is 11.3 Å². The third kappa shape index (κ3) is 2.41. The van der Waals surface area contributed by atoms with Crippen molar-refractivity contribution in [3.05, 3.63) is 29.8 Å². The molecular formula is C15H20N2O3. The van der Waals surface area contributed by atoms with E-state index in [9.17, 15) is 14.7 Å². The van der Waals surface area contributed by atoms with Crippen molar-refractivity contribution in [1.29, 1.82) is 0 Å². The first-order valence-corrected chi connectivity index (χ1v) is 6.76. The van der Waals surface area contributed by atoms with E-state index in [1.807, 2.05) is 31.2 Å². The van der Waals surface area contributed by atoms with E-state index in [1.54, 1.807) is 18.7 Å². The lowest BCUT2D eigenvalue weighted by atomic mass is 9.95. The number of amides is 2. The van der Waals surface area contributed by atoms with Crippen LogP contribution in [0.15, 0.2) is 24.3 Å². The molecule has 0 radical (unpaired) electrons. The van der Waals surface area contributed by atoms with Gasteiger partial charge >= 0.3 is 0 Å². The Balaban J connectivity index is 2.49. The number of hydrogen-bond acceptors (Lipinski definition) is 4. The van der Waals surface area contributed by atoms with E-state index in [0.29, 0.717) is 6.42 Å². The van der Waals surface area contributed by atoms with Crippen LogP contribution in [0.3, 0.4) is 0 Å². The molecule has 1 aromatic rings. The van der Waals surface area contributed by atoms with Crippen molar-refractivity contribution >= 4 is 17.5 Å². The number of anilines is 1. The molecule has 108 valence electrons. The van der Waals surface area contributed by atoms with Crippen LogP contribution in [0.5, 0.6) is 0 Å². The Kier molecular flexibility index (Phi) is 3.81. The first-order valence-electron chi connectivity index (χ1n) is 6.76. The predicted molar refractivity (Wildman–Crippen MR) is 76.3 cm³/mol. The highest BCUT2D eigenvalue weighted by atomic mass is 16.3. The number of imide groups is 1. The summed E-state index contributed by atoms with van der Waals surface area (Å²) < 4.78 is 0. The Morgan fingerprint density at radius 3 is 2.65 bits per heavy atom. The van der Waals surface area contributed by atoms with Crippen molar-refractivity contribution < 1.29 is 14.7 Å². The summed E-state index contributed by atoms with van der Waals surface area (Å²) in [5, 5.41) is 12.5. The van der Waals surface area contributed by atoms with E-state index < -0.39 is 11.6 Å². The normalized spacial score (nSPS) is 19.7. The highest BCUT2D eigenvalue weighted by Crippen LogP contribution is 2.33. The summed E-state index contributed by atoms with van der Waals surface area (Å²) in [7, 11) is 0. The van der Waals surface area contributed by atoms with Crippen LogP contribution in [0.2, 0.25) is 0 Å². The van der Waals surface area contributed by atoms with Gasteiger partial charge in [0, 0.05) is 11.3 Å². The Morgan fingerprint density at radius 2 is 2.00 bits per heavy atom. The number of nitrogens with one attached hydrogen (secondary N) is 1. The molecule has 2 rings (SSSR count). The van der Waals surface area contributed by atoms with Crippen LogP contribution in [-0.4, -0.2) is 29.0 Å². The van der Waals surface area contributed by atoms with E-state index in [2.05, 4.69) is 5.32 Å². The topological polar surface area (TPSA) is 69.6 Å². The minimum absolute atomic E-state index is 0.103. The average Bonchev–Trinajstić information content (AvgIpc) is 2.42. The maximum Gasteiger partial charge on any atom is 0.251 e. The Labute approximate surface area is 118 Å². The zero-order valence-electron chi connectivity index (χ0n) is 12.0. The highest BCUT2D eigenvalue weighted by molar-refractivity contribution is 6.06. The molecule has 1 saturated heterocycles. The minimum Gasteiger partial charge on any atom is -0.388 e. The van der Waals surface area contributed by atoms with Crippen LogP contribution in [0.25, 0.3) is 0 Å². The molecule has 5 nitrogen and oxygen atoms in total. The van der Waals surface area contributed by atoms with E-state index in [1.165, 1.54) is 0 Å². The van der Waals surface area contributed by atoms with Gasteiger partial charge in [-0.05, 0) is 26.3 Å². The van der Waals surface area contributed by atoms with Gasteiger partial charge in [0.2, 0.25) is 5.91 Å². The van der Waals surface area contributed by atoms with Gasteiger partial charge in [0.1, 0.15) is 5.54 Å². The largest absolute Gasteiger partial charge is 0.388 e. The Hall–Kier alpha value is -1.88. The molecule has 0 spiro atoms. The molecule has 0 saturated carbocycles. The summed E-state index contributed by atoms with van der Waals surface area (Å²) in [5.41, 5.74) is 0.637. The number of piperazine rings is 1. The average molecular weight is 276 g/mol. The van der Waals surface area contributed by atoms with Gasteiger partial charge in [0.25, 0.3) is 5.91 Å². The van der Waals surface area contributed by atoms with Crippen LogP contribution in [-0.2, 0) is 9.59 Å². The number of carbonyl (C=O) groups excluding carboxylic acids is 2. The highest BCUT2D eigenvalue weighted by Gasteiger charge is 2.41. The second kappa shape index (κ2) is 5.25. The summed E-state index contributed by atoms with van der Waals surface area (Å²) >= 11 is 0. The standard InChI is InChI=1S/C15H20N2O3/c1-4-12(18)10-7-5-6-8-11(10)17-9-13(19)16-14(20)15(17,2)3/h5-8,12,18H,4,9H2,1-3H3,(H,16,19,20). The molecule has 20 heavy (non-hydrogen) atoms. The maximum atomic E-state index is 12.0. The van der Waals surface area contributed by atoms with Gasteiger partial charge in [-0.1, -0.05) is 25.1 Å². The van der Waals surface area contributed by atoms with Crippen molar-refractivity contribution in [1.82, 2.24) is 5.32 Å². The number of hydrogen-bond donors (Lipinski definition) is 2. The zero-order valence-corrected chi connectivity index (χ0v) is 12.0. The fourth-order valence-electron chi connectivity index (χ4n) is 2.40. The summed E-state index contributed by atoms with van der Waals surface area (Å²) in [6.45, 7) is 5.53. The van der Waals surface area contributed by atoms with E-state index >= 15 is 0 Å². The first kappa shape index (κ1) is 14.5. The van der Waals surface area contributed by atoms with Crippen LogP contribution >= 0.6 is 0 Å². The predicted octanol–water partition coefficient (Wildman–Crippen LogP) is 1.37. The number of rotatable bonds is 3. The molecule has 2 amide bonds. The lowest BCUT2D eigenvalue weighted by Gasteiger charge is -2.43. The lowest BCUT2D eigenvalue weighted by molar-refractivity contribution is -0.135. The second-order valence-corrected chi connectivity index (χ2v) is 5.51. The summed E-state index contributed by atoms with van der Waals surface area (Å²) in [6, 6.07) is 7.35. The maximum absolute atomic E-state index is 12.0. The summed E-state index contributed by atoms with van der Waals surface area (Å²) in [6.07, 6.45) is -0.0343. The number of nitrogens with zero attached hydrogens (tertiary/aromatic N) is 1. The molecule has 1 aromatic carbocycles. The van der Waals surface area contributed by atoms with Gasteiger partial charge < -0.3 is 10.0 Å². The zero-order chi connectivity index (χ0) is 14.9. The fourth-order valence-corrected chi connectivity index (χ4v) is 2.40. The van der Waals surface area contributed by atoms with Gasteiger partial charge in [-0.15, -0.1) is 0 Å². The van der Waals surface area contributed by atoms with E-state index in [-0.39, 0.29) is 18.4 Å². The molecule has 1 fully saturated rings. The summed E-state index contributed by atoms with van der Waals surface area (Å²) in [5.74, 6) is -0.648. The molecule has 0 bridgehead atoms. The van der Waals surface area contributed by atoms with Crippen LogP contribution in [0.4, 0.5) is 5.69 Å². The van der Waals surface area contributed by atoms with Crippen molar-refractivity contribution in [2.75, 3.05) is 11.4 Å². The SMILES string of the molecule is CCC(O)c1ccccc1N1CC(=O)NC(=O)C1(C)C. The lowest BCUT2D eigenvalue weighted by Crippen LogP contribution is -2.64. The van der Waals surface area contributed by atoms with Gasteiger partial charge in [-0.2, -0.15) is 0 Å². The molecule has 5 heteroatoms. The van der Waals surface area contributed by atoms with Crippen LogP contribution in [0.1, 0.15) is 38.9 Å². The van der Waals surface area contributed by atoms with Gasteiger partial charge in [-0.3, -0.25) is 14.9 Å². The quantitative estimate of drug-likeness (QED) is 0.818. The molecular weight excluding hydrogens is 256 g/mol. The first-order chi connectivity index (χ1) is 9.37. The number of carbonyl (C=O) groups is 2. The third-order valence-corrected chi connectivity index (χ3v) is 3.76. The van der Waals surface area contributed by atoms with Crippen molar-refractivity contribution in [2.45, 2.75) is 38.8 Å². The molecule has 1 atom stereocenters. The number of para-hydroxylation sites is 1. The molecule has 1 aliphatic rings. The number of aliphatic hydroxyl groups is 1. The van der Waals surface area contributed by atoms with Crippen molar-refractivity contribution in [3.63, 3.8) is 0 Å². The summed E-state index contributed by atoms with van der Waals surface area (Å²) in [4.78, 5) is 25.4. The molecule has 1 unspecified atom stereocenters. The van der Waals surface area contributed by atoms with Crippen LogP contribution in [0, 0.1) is 0 Å².